The number of nitrogens with zero attached hydrogens (tertiary/aromatic N) is 2. The maximum Gasteiger partial charge on any atom is 0.258 e. The lowest BCUT2D eigenvalue weighted by Gasteiger charge is -2.02. The molecule has 2 aromatic heterocycles. The van der Waals surface area contributed by atoms with Crippen molar-refractivity contribution in [1.82, 2.24) is 9.36 Å². The Morgan fingerprint density at radius 3 is 1.59 bits per heavy atom. The van der Waals surface area contributed by atoms with Crippen LogP contribution in [0.5, 0.6) is 0 Å². The van der Waals surface area contributed by atoms with E-state index in [1.807, 2.05) is 29.6 Å². The van der Waals surface area contributed by atoms with Gasteiger partial charge in [0.25, 0.3) is 5.22 Å². The van der Waals surface area contributed by atoms with Gasteiger partial charge in [-0.2, -0.15) is 4.37 Å². The number of rotatable bonds is 10. The molecule has 0 saturated carbocycles. The molecular weight excluding hydrogens is 1030 g/mol. The summed E-state index contributed by atoms with van der Waals surface area (Å²) < 4.78 is 7.97. The number of oxazole rings is 1. The molecule has 0 saturated heterocycles. The molecule has 4 aromatic rings. The van der Waals surface area contributed by atoms with Crippen molar-refractivity contribution in [3.05, 3.63) is 81.0 Å². The Kier molecular flexibility index (Phi) is 33.6. The lowest BCUT2D eigenvalue weighted by molar-refractivity contribution is 0.454. The summed E-state index contributed by atoms with van der Waals surface area (Å²) in [6.45, 7) is 0. The minimum Gasteiger partial charge on any atom is -0.440 e. The normalized spacial score (nSPS) is 10.4. The van der Waals surface area contributed by atoms with E-state index in [1.165, 1.54) is 64.8 Å². The molecule has 46 heavy (non-hydrogen) atoms. The monoisotopic (exact) mass is 1040 g/mol. The van der Waals surface area contributed by atoms with Gasteiger partial charge in [-0.15, -0.1) is 35.0 Å². The summed E-state index contributed by atoms with van der Waals surface area (Å²) in [6, 6.07) is 13.0. The number of halogens is 13. The fraction of sp³-hybridized carbons (Fsp3) is 0.250. The summed E-state index contributed by atoms with van der Waals surface area (Å²) in [5, 5.41) is 4.76. The lowest BCUT2D eigenvalue weighted by atomic mass is 10.4. The highest BCUT2D eigenvalue weighted by molar-refractivity contribution is 9.10. The summed E-state index contributed by atoms with van der Waals surface area (Å²) in [6.07, 6.45) is 4.75. The molecule has 0 aliphatic rings. The Bertz CT molecular complexity index is 1200. The SMILES string of the molecule is ClC(Cl)Sc1ccc(Br)cc1.ClC(Cl)Sc1cnsc1.ClC(Cl)Sc1ncco1.ClCSCCl.Clc1cc(Cl)cc(SC(Cl)Cl)c1. The summed E-state index contributed by atoms with van der Waals surface area (Å²) in [5.74, 6) is 0. The van der Waals surface area contributed by atoms with E-state index in [0.29, 0.717) is 25.7 Å². The molecule has 0 N–H and O–H groups in total. The van der Waals surface area contributed by atoms with Crippen molar-refractivity contribution in [3.8, 4) is 0 Å². The molecule has 2 aromatic carbocycles. The minimum atomic E-state index is -0.511. The maximum absolute atomic E-state index is 5.75. The average molecular weight is 1050 g/mol. The van der Waals surface area contributed by atoms with Gasteiger partial charge in [0.1, 0.15) is 6.26 Å². The van der Waals surface area contributed by atoms with Crippen molar-refractivity contribution in [2.75, 3.05) is 10.4 Å². The number of benzene rings is 2. The van der Waals surface area contributed by atoms with Crippen LogP contribution in [0.2, 0.25) is 10.0 Å². The summed E-state index contributed by atoms with van der Waals surface area (Å²) in [4.78, 5) is 6.74. The fourth-order valence-corrected chi connectivity index (χ4v) is 8.65. The smallest absolute Gasteiger partial charge is 0.258 e. The Hall–Kier alpha value is 2.99. The highest BCUT2D eigenvalue weighted by Gasteiger charge is 2.05. The van der Waals surface area contributed by atoms with Crippen LogP contribution in [0.3, 0.4) is 0 Å². The Labute approximate surface area is 362 Å². The molecule has 0 fully saturated rings. The second-order valence-corrected chi connectivity index (χ2v) is 22.3. The topological polar surface area (TPSA) is 38.9 Å². The molecule has 0 amide bonds. The highest BCUT2D eigenvalue weighted by Crippen LogP contribution is 2.33. The largest absolute Gasteiger partial charge is 0.440 e. The molecule has 258 valence electrons. The van der Waals surface area contributed by atoms with Gasteiger partial charge in [-0.1, -0.05) is 167 Å². The Morgan fingerprint density at radius 2 is 1.20 bits per heavy atom. The third kappa shape index (κ3) is 30.6. The molecule has 0 unspecified atom stereocenters. The average Bonchev–Trinajstić information content (AvgIpc) is 3.65. The molecule has 0 aliphatic carbocycles. The maximum atomic E-state index is 5.75. The highest BCUT2D eigenvalue weighted by atomic mass is 79.9. The van der Waals surface area contributed by atoms with Gasteiger partial charge in [-0.3, -0.25) is 0 Å². The first-order valence-electron chi connectivity index (χ1n) is 11.2. The summed E-state index contributed by atoms with van der Waals surface area (Å²) in [5.41, 5.74) is 0. The number of aromatic nitrogens is 2. The first-order chi connectivity index (χ1) is 21.7. The van der Waals surface area contributed by atoms with Gasteiger partial charge in [0, 0.05) is 34.6 Å². The van der Waals surface area contributed by atoms with Crippen LogP contribution in [0, 0.1) is 0 Å². The number of hydrogen-bond acceptors (Lipinski definition) is 9. The van der Waals surface area contributed by atoms with Gasteiger partial charge in [-0.25, -0.2) is 4.98 Å². The molecule has 0 radical (unpaired) electrons. The van der Waals surface area contributed by atoms with Crippen LogP contribution < -0.4 is 0 Å². The van der Waals surface area contributed by atoms with E-state index in [4.69, 9.17) is 144 Å². The number of thioether (sulfide) groups is 5. The fourth-order valence-electron chi connectivity index (χ4n) is 2.05. The minimum absolute atomic E-state index is 0.388. The Morgan fingerprint density at radius 1 is 0.696 bits per heavy atom. The first kappa shape index (κ1) is 49.0. The Balaban J connectivity index is 0.000000563. The van der Waals surface area contributed by atoms with Crippen molar-refractivity contribution in [2.24, 2.45) is 0 Å². The van der Waals surface area contributed by atoms with Crippen LogP contribution >= 0.6 is 225 Å². The van der Waals surface area contributed by atoms with E-state index in [2.05, 4.69) is 25.3 Å². The van der Waals surface area contributed by atoms with E-state index in [1.54, 1.807) is 30.6 Å². The van der Waals surface area contributed by atoms with Crippen LogP contribution in [-0.4, -0.2) is 36.5 Å². The zero-order valence-electron chi connectivity index (χ0n) is 22.2. The van der Waals surface area contributed by atoms with Gasteiger partial charge in [0.05, 0.1) is 22.8 Å². The predicted molar refractivity (Wildman–Crippen MR) is 224 cm³/mol. The van der Waals surface area contributed by atoms with E-state index < -0.39 is 12.5 Å². The van der Waals surface area contributed by atoms with Gasteiger partial charge in [0.2, 0.25) is 0 Å². The van der Waals surface area contributed by atoms with Gasteiger partial charge in [0.15, 0.2) is 16.7 Å². The molecule has 0 aliphatic heterocycles. The van der Waals surface area contributed by atoms with E-state index in [0.717, 1.165) is 30.9 Å². The predicted octanol–water partition coefficient (Wildman–Crippen LogP) is 16.8. The van der Waals surface area contributed by atoms with Crippen molar-refractivity contribution in [2.45, 2.75) is 36.6 Å². The molecule has 4 rings (SSSR count). The van der Waals surface area contributed by atoms with E-state index in [-0.39, 0.29) is 4.17 Å². The van der Waals surface area contributed by atoms with E-state index >= 15 is 0 Å². The molecule has 3 nitrogen and oxygen atoms in total. The third-order valence-corrected chi connectivity index (χ3v) is 11.2. The van der Waals surface area contributed by atoms with Crippen LogP contribution in [0.15, 0.2) is 95.3 Å². The third-order valence-electron chi connectivity index (χ3n) is 3.49. The number of alkyl halides is 10. The second-order valence-electron chi connectivity index (χ2n) is 6.65. The summed E-state index contributed by atoms with van der Waals surface area (Å²) >= 11 is 77.3. The van der Waals surface area contributed by atoms with Gasteiger partial charge in [-0.05, 0) is 65.8 Å². The van der Waals surface area contributed by atoms with Crippen molar-refractivity contribution < 1.29 is 4.42 Å². The zero-order chi connectivity index (χ0) is 34.9. The standard InChI is InChI=1S/C7H5BrCl2S.C7H4Cl4S.C4H3Cl2NOS.C4H3Cl2NS2.C2H4Cl2S/c8-5-1-3-6(4-2-5)11-7(9)10;8-4-1-5(9)3-6(2-4)12-7(10)11;5-3(6)9-4-7-1-2-8-4;5-4(6)9-3-1-7-8-2-3;3-1-5-2-4/h1-4,7H;1-3,7H;1-3H;1-2,4H;1-2H2. The van der Waals surface area contributed by atoms with Crippen LogP contribution in [0.4, 0.5) is 0 Å². The quantitative estimate of drug-likeness (QED) is 0.115. The van der Waals surface area contributed by atoms with Gasteiger partial charge >= 0.3 is 0 Å². The number of hydrogen-bond donors (Lipinski definition) is 0. The molecule has 0 bridgehead atoms. The molecular formula is C24H19BrCl12N2OS6. The van der Waals surface area contributed by atoms with Gasteiger partial charge < -0.3 is 4.42 Å². The van der Waals surface area contributed by atoms with Crippen LogP contribution in [0.1, 0.15) is 0 Å². The lowest BCUT2D eigenvalue weighted by Crippen LogP contribution is -1.78. The zero-order valence-corrected chi connectivity index (χ0v) is 37.8. The van der Waals surface area contributed by atoms with Crippen molar-refractivity contribution in [3.63, 3.8) is 0 Å². The molecule has 0 atom stereocenters. The van der Waals surface area contributed by atoms with Crippen molar-refractivity contribution >= 4 is 225 Å². The van der Waals surface area contributed by atoms with Crippen LogP contribution in [-0.2, 0) is 0 Å². The summed E-state index contributed by atoms with van der Waals surface area (Å²) in [7, 11) is 0. The molecule has 0 spiro atoms. The molecule has 2 heterocycles. The van der Waals surface area contributed by atoms with E-state index in [9.17, 15) is 0 Å². The first-order valence-corrected chi connectivity index (χ1v) is 22.9. The van der Waals surface area contributed by atoms with Crippen LogP contribution in [0.25, 0.3) is 0 Å². The molecule has 22 heteroatoms. The van der Waals surface area contributed by atoms with Crippen molar-refractivity contribution in [1.29, 1.82) is 0 Å². The second kappa shape index (κ2) is 31.5.